The zero-order valence-corrected chi connectivity index (χ0v) is 12.7. The molecule has 0 fully saturated rings. The highest BCUT2D eigenvalue weighted by Crippen LogP contribution is 2.36. The van der Waals surface area contributed by atoms with Gasteiger partial charge in [-0.3, -0.25) is 4.79 Å². The van der Waals surface area contributed by atoms with Gasteiger partial charge in [0, 0.05) is 21.7 Å². The Morgan fingerprint density at radius 3 is 2.50 bits per heavy atom. The van der Waals surface area contributed by atoms with Crippen molar-refractivity contribution < 1.29 is 14.3 Å². The van der Waals surface area contributed by atoms with Crippen molar-refractivity contribution in [2.45, 2.75) is 0 Å². The number of fused-ring (bicyclic) bond motifs is 1. The average Bonchev–Trinajstić information content (AvgIpc) is 2.46. The number of ketones is 1. The van der Waals surface area contributed by atoms with Crippen LogP contribution in [0.3, 0.4) is 0 Å². The first-order valence-corrected chi connectivity index (χ1v) is 7.21. The van der Waals surface area contributed by atoms with Gasteiger partial charge in [0.15, 0.2) is 17.3 Å². The fourth-order valence-corrected chi connectivity index (χ4v) is 2.66. The fraction of sp³-hybridized carbons (Fsp3) is 0.133. The summed E-state index contributed by atoms with van der Waals surface area (Å²) in [7, 11) is 0. The van der Waals surface area contributed by atoms with Crippen LogP contribution in [0.2, 0.25) is 5.02 Å². The Morgan fingerprint density at radius 2 is 1.80 bits per heavy atom. The Bertz CT molecular complexity index is 685. The molecule has 0 spiro atoms. The molecule has 0 bridgehead atoms. The number of carbonyl (C=O) groups is 1. The minimum atomic E-state index is -0.145. The summed E-state index contributed by atoms with van der Waals surface area (Å²) >= 11 is 9.53. The Labute approximate surface area is 129 Å². The second-order valence-corrected chi connectivity index (χ2v) is 5.64. The molecule has 3 nitrogen and oxygen atoms in total. The highest BCUT2D eigenvalue weighted by atomic mass is 79.9. The second kappa shape index (κ2) is 5.46. The van der Waals surface area contributed by atoms with Crippen molar-refractivity contribution in [3.05, 3.63) is 57.0 Å². The van der Waals surface area contributed by atoms with E-state index in [1.54, 1.807) is 24.3 Å². The molecule has 0 unspecified atom stereocenters. The SMILES string of the molecule is O=C(c1cccc(Br)c1)c1cc2c(cc1Cl)OCCO2. The molecule has 3 rings (SSSR count). The summed E-state index contributed by atoms with van der Waals surface area (Å²) < 4.78 is 11.8. The van der Waals surface area contributed by atoms with Crippen molar-refractivity contribution in [2.75, 3.05) is 13.2 Å². The van der Waals surface area contributed by atoms with Crippen LogP contribution in [0.15, 0.2) is 40.9 Å². The third-order valence-electron chi connectivity index (χ3n) is 2.96. The van der Waals surface area contributed by atoms with Crippen molar-refractivity contribution in [2.24, 2.45) is 0 Å². The molecule has 2 aromatic carbocycles. The van der Waals surface area contributed by atoms with E-state index in [0.717, 1.165) is 4.47 Å². The number of hydrogen-bond acceptors (Lipinski definition) is 3. The predicted octanol–water partition coefficient (Wildman–Crippen LogP) is 4.10. The Balaban J connectivity index is 2.03. The normalized spacial score (nSPS) is 13.1. The van der Waals surface area contributed by atoms with Gasteiger partial charge in [-0.25, -0.2) is 0 Å². The molecular formula is C15H10BrClO3. The van der Waals surface area contributed by atoms with Crippen LogP contribution in [0.4, 0.5) is 0 Å². The molecule has 102 valence electrons. The second-order valence-electron chi connectivity index (χ2n) is 4.32. The molecule has 0 aliphatic carbocycles. The van der Waals surface area contributed by atoms with Crippen LogP contribution in [-0.2, 0) is 0 Å². The van der Waals surface area contributed by atoms with Gasteiger partial charge in [-0.2, -0.15) is 0 Å². The topological polar surface area (TPSA) is 35.5 Å². The molecule has 1 aliphatic rings. The Hall–Kier alpha value is -1.52. The lowest BCUT2D eigenvalue weighted by atomic mass is 10.0. The molecule has 2 aromatic rings. The van der Waals surface area contributed by atoms with Crippen LogP contribution in [0, 0.1) is 0 Å². The molecule has 20 heavy (non-hydrogen) atoms. The zero-order valence-electron chi connectivity index (χ0n) is 10.4. The summed E-state index contributed by atoms with van der Waals surface area (Å²) in [4.78, 5) is 12.5. The predicted molar refractivity (Wildman–Crippen MR) is 80.0 cm³/mol. The van der Waals surface area contributed by atoms with Gasteiger partial charge < -0.3 is 9.47 Å². The number of benzene rings is 2. The first-order chi connectivity index (χ1) is 9.65. The molecule has 0 aromatic heterocycles. The van der Waals surface area contributed by atoms with Crippen molar-refractivity contribution in [3.63, 3.8) is 0 Å². The first kappa shape index (κ1) is 13.5. The summed E-state index contributed by atoms with van der Waals surface area (Å²) in [6.07, 6.45) is 0. The van der Waals surface area contributed by atoms with Crippen LogP contribution in [0.25, 0.3) is 0 Å². The first-order valence-electron chi connectivity index (χ1n) is 6.04. The van der Waals surface area contributed by atoms with E-state index in [1.807, 2.05) is 12.1 Å². The quantitative estimate of drug-likeness (QED) is 0.762. The number of carbonyl (C=O) groups excluding carboxylic acids is 1. The highest BCUT2D eigenvalue weighted by Gasteiger charge is 2.20. The lowest BCUT2D eigenvalue weighted by molar-refractivity contribution is 0.103. The van der Waals surface area contributed by atoms with Gasteiger partial charge in [0.25, 0.3) is 0 Å². The van der Waals surface area contributed by atoms with E-state index in [0.29, 0.717) is 40.9 Å². The van der Waals surface area contributed by atoms with Crippen molar-refractivity contribution in [1.29, 1.82) is 0 Å². The van der Waals surface area contributed by atoms with Gasteiger partial charge in [-0.1, -0.05) is 39.7 Å². The summed E-state index contributed by atoms with van der Waals surface area (Å²) in [6.45, 7) is 0.960. The Morgan fingerprint density at radius 1 is 1.10 bits per heavy atom. The van der Waals surface area contributed by atoms with Crippen LogP contribution < -0.4 is 9.47 Å². The number of ether oxygens (including phenoxy) is 2. The summed E-state index contributed by atoms with van der Waals surface area (Å²) in [5.41, 5.74) is 0.979. The fourth-order valence-electron chi connectivity index (χ4n) is 2.02. The van der Waals surface area contributed by atoms with Crippen molar-refractivity contribution in [3.8, 4) is 11.5 Å². The van der Waals surface area contributed by atoms with E-state index in [4.69, 9.17) is 21.1 Å². The van der Waals surface area contributed by atoms with Crippen LogP contribution in [-0.4, -0.2) is 19.0 Å². The number of hydrogen-bond donors (Lipinski definition) is 0. The van der Waals surface area contributed by atoms with Gasteiger partial charge in [0.1, 0.15) is 13.2 Å². The maximum Gasteiger partial charge on any atom is 0.194 e. The van der Waals surface area contributed by atoms with Gasteiger partial charge in [0.2, 0.25) is 0 Å². The van der Waals surface area contributed by atoms with Gasteiger partial charge >= 0.3 is 0 Å². The molecule has 0 saturated carbocycles. The molecule has 0 N–H and O–H groups in total. The number of rotatable bonds is 2. The monoisotopic (exact) mass is 352 g/mol. The summed E-state index contributed by atoms with van der Waals surface area (Å²) in [5, 5.41) is 0.360. The maximum absolute atomic E-state index is 12.5. The molecular weight excluding hydrogens is 344 g/mol. The van der Waals surface area contributed by atoms with Gasteiger partial charge in [-0.05, 0) is 18.2 Å². The molecule has 0 saturated heterocycles. The third kappa shape index (κ3) is 2.53. The minimum absolute atomic E-state index is 0.145. The molecule has 1 aliphatic heterocycles. The van der Waals surface area contributed by atoms with Gasteiger partial charge in [0.05, 0.1) is 5.02 Å². The minimum Gasteiger partial charge on any atom is -0.486 e. The van der Waals surface area contributed by atoms with Crippen LogP contribution in [0.1, 0.15) is 15.9 Å². The lowest BCUT2D eigenvalue weighted by Crippen LogP contribution is -2.16. The van der Waals surface area contributed by atoms with E-state index >= 15 is 0 Å². The molecule has 0 amide bonds. The Kier molecular flexibility index (Phi) is 3.68. The van der Waals surface area contributed by atoms with Crippen molar-refractivity contribution in [1.82, 2.24) is 0 Å². The number of halogens is 2. The lowest BCUT2D eigenvalue weighted by Gasteiger charge is -2.19. The summed E-state index contributed by atoms with van der Waals surface area (Å²) in [5.74, 6) is 0.985. The van der Waals surface area contributed by atoms with E-state index in [2.05, 4.69) is 15.9 Å². The highest BCUT2D eigenvalue weighted by molar-refractivity contribution is 9.10. The standard InChI is InChI=1S/C15H10BrClO3/c16-10-3-1-2-9(6-10)15(18)11-7-13-14(8-12(11)17)20-5-4-19-13/h1-3,6-8H,4-5H2. The van der Waals surface area contributed by atoms with Gasteiger partial charge in [-0.15, -0.1) is 0 Å². The molecule has 1 heterocycles. The average molecular weight is 354 g/mol. The molecule has 5 heteroatoms. The van der Waals surface area contributed by atoms with E-state index in [1.165, 1.54) is 0 Å². The third-order valence-corrected chi connectivity index (χ3v) is 3.77. The maximum atomic E-state index is 12.5. The van der Waals surface area contributed by atoms with E-state index in [-0.39, 0.29) is 5.78 Å². The van der Waals surface area contributed by atoms with Crippen molar-refractivity contribution >= 4 is 33.3 Å². The largest absolute Gasteiger partial charge is 0.486 e. The van der Waals surface area contributed by atoms with E-state index in [9.17, 15) is 4.79 Å². The smallest absolute Gasteiger partial charge is 0.194 e. The zero-order chi connectivity index (χ0) is 14.1. The summed E-state index contributed by atoms with van der Waals surface area (Å²) in [6, 6.07) is 10.4. The van der Waals surface area contributed by atoms with Crippen LogP contribution in [0.5, 0.6) is 11.5 Å². The molecule has 0 radical (unpaired) electrons. The van der Waals surface area contributed by atoms with Crippen LogP contribution >= 0.6 is 27.5 Å². The molecule has 0 atom stereocenters. The van der Waals surface area contributed by atoms with E-state index < -0.39 is 0 Å².